The highest BCUT2D eigenvalue weighted by atomic mass is 15.0. The van der Waals surface area contributed by atoms with Crippen molar-refractivity contribution in [2.45, 2.75) is 118 Å². The Hall–Kier alpha value is -6.84. The molecule has 69 heavy (non-hydrogen) atoms. The Balaban J connectivity index is 0.000000368. The first-order valence-corrected chi connectivity index (χ1v) is 26.3. The average Bonchev–Trinajstić information content (AvgIpc) is 4.08. The molecule has 0 aliphatic heterocycles. The lowest BCUT2D eigenvalue weighted by atomic mass is 10.0. The molecule has 0 unspecified atom stereocenters. The summed E-state index contributed by atoms with van der Waals surface area (Å²) in [5.41, 5.74) is 13.7. The van der Waals surface area contributed by atoms with Crippen molar-refractivity contribution in [1.82, 2.24) is 13.7 Å². The van der Waals surface area contributed by atoms with Crippen molar-refractivity contribution in [3.63, 3.8) is 0 Å². The molecule has 0 N–H and O–H groups in total. The van der Waals surface area contributed by atoms with Crippen LogP contribution in [-0.4, -0.2) is 13.7 Å². The minimum absolute atomic E-state index is 1.20. The van der Waals surface area contributed by atoms with Gasteiger partial charge in [0.1, 0.15) is 0 Å². The summed E-state index contributed by atoms with van der Waals surface area (Å²) in [6.45, 7) is 34.1. The first-order chi connectivity index (χ1) is 34.1. The molecule has 3 heteroatoms. The normalized spacial score (nSPS) is 9.59. The van der Waals surface area contributed by atoms with E-state index in [1.807, 2.05) is 111 Å². The third-order valence-corrected chi connectivity index (χ3v) is 10.8. The molecule has 0 fully saturated rings. The number of nitrogens with zero attached hydrogens (tertiary/aromatic N) is 3. The number of fused-ring (bicyclic) bond motifs is 9. The SMILES string of the molecule is CC.CC.CC.CC.CC.CC.CC.CC.Cc1cccc(-c2cccc(-n3c4ccccc4c4ccccc43)c2)c1.Cn1c2ccccc2c2cc(-n3c4ccccc4c4ccccc43)ccc21. The van der Waals surface area contributed by atoms with E-state index in [1.54, 1.807) is 0 Å². The van der Waals surface area contributed by atoms with E-state index in [0.717, 1.165) is 0 Å². The van der Waals surface area contributed by atoms with E-state index < -0.39 is 0 Å². The predicted molar refractivity (Wildman–Crippen MR) is 317 cm³/mol. The summed E-state index contributed by atoms with van der Waals surface area (Å²) in [7, 11) is 2.14. The molecule has 3 nitrogen and oxygen atoms in total. The standard InChI is InChI=1S/C25H18N2.C25H19N.8C2H6/c1-26-22-11-5-2-10-20(22)21-16-17(14-15-23(21)26)27-24-12-6-3-8-18(24)19-9-4-7-13-25(19)27;1-18-8-6-9-19(16-18)20-10-7-11-21(17-20)26-24-14-4-2-12-22(24)23-13-3-5-15-25(23)26;8*1-2/h2-16H,1H3;2-17H,1H3;8*1-2H3. The van der Waals surface area contributed by atoms with Gasteiger partial charge in [-0.1, -0.05) is 244 Å². The van der Waals surface area contributed by atoms with Gasteiger partial charge in [0, 0.05) is 61.8 Å². The maximum Gasteiger partial charge on any atom is 0.0541 e. The molecule has 0 radical (unpaired) electrons. The Kier molecular flexibility index (Phi) is 26.4. The molecule has 11 aromatic rings. The Morgan fingerprint density at radius 2 is 0.551 bits per heavy atom. The molecule has 0 aliphatic rings. The first kappa shape index (κ1) is 58.3. The quantitative estimate of drug-likeness (QED) is 0.168. The Bertz CT molecular complexity index is 3050. The van der Waals surface area contributed by atoms with Crippen molar-refractivity contribution < 1.29 is 0 Å². The summed E-state index contributed by atoms with van der Waals surface area (Å²) in [6, 6.07) is 67.5. The van der Waals surface area contributed by atoms with Crippen LogP contribution in [0.25, 0.3) is 87.9 Å². The van der Waals surface area contributed by atoms with Crippen molar-refractivity contribution in [2.75, 3.05) is 0 Å². The van der Waals surface area contributed by atoms with E-state index in [2.05, 4.69) is 216 Å². The molecule has 0 saturated carbocycles. The molecule has 0 amide bonds. The van der Waals surface area contributed by atoms with Crippen LogP contribution in [0.3, 0.4) is 0 Å². The van der Waals surface area contributed by atoms with Crippen LogP contribution >= 0.6 is 0 Å². The average molecular weight is 920 g/mol. The zero-order chi connectivity index (χ0) is 51.5. The minimum Gasteiger partial charge on any atom is -0.344 e. The first-order valence-electron chi connectivity index (χ1n) is 26.3. The van der Waals surface area contributed by atoms with Crippen molar-refractivity contribution >= 4 is 65.4 Å². The Labute approximate surface area is 418 Å². The van der Waals surface area contributed by atoms with Gasteiger partial charge in [0.15, 0.2) is 0 Å². The second-order valence-corrected chi connectivity index (χ2v) is 13.9. The molecule has 3 heterocycles. The fourth-order valence-corrected chi connectivity index (χ4v) is 8.35. The number of aryl methyl sites for hydroxylation is 2. The van der Waals surface area contributed by atoms with Crippen molar-refractivity contribution in [2.24, 2.45) is 7.05 Å². The van der Waals surface area contributed by atoms with Crippen LogP contribution in [0.2, 0.25) is 0 Å². The summed E-state index contributed by atoms with van der Waals surface area (Å²) in [6.07, 6.45) is 0. The third-order valence-electron chi connectivity index (χ3n) is 10.8. The van der Waals surface area contributed by atoms with Gasteiger partial charge in [-0.15, -0.1) is 0 Å². The van der Waals surface area contributed by atoms with Crippen LogP contribution in [0.4, 0.5) is 0 Å². The van der Waals surface area contributed by atoms with Crippen molar-refractivity contribution in [1.29, 1.82) is 0 Å². The van der Waals surface area contributed by atoms with Crippen LogP contribution in [0.15, 0.2) is 188 Å². The largest absolute Gasteiger partial charge is 0.344 e. The lowest BCUT2D eigenvalue weighted by molar-refractivity contribution is 1.01. The van der Waals surface area contributed by atoms with Crippen LogP contribution < -0.4 is 0 Å². The zero-order valence-electron chi connectivity index (χ0n) is 45.7. The van der Waals surface area contributed by atoms with Gasteiger partial charge in [-0.25, -0.2) is 0 Å². The smallest absolute Gasteiger partial charge is 0.0541 e. The number of hydrogen-bond donors (Lipinski definition) is 0. The maximum absolute atomic E-state index is 2.38. The minimum atomic E-state index is 1.20. The van der Waals surface area contributed by atoms with Crippen LogP contribution in [-0.2, 0) is 7.05 Å². The molecular weight excluding hydrogens is 835 g/mol. The molecule has 8 aromatic carbocycles. The van der Waals surface area contributed by atoms with Gasteiger partial charge < -0.3 is 13.7 Å². The number of benzene rings is 8. The third kappa shape index (κ3) is 12.8. The maximum atomic E-state index is 2.38. The highest BCUT2D eigenvalue weighted by molar-refractivity contribution is 6.12. The van der Waals surface area contributed by atoms with Gasteiger partial charge in [0.25, 0.3) is 0 Å². The molecule has 11 rings (SSSR count). The van der Waals surface area contributed by atoms with Crippen LogP contribution in [0, 0.1) is 6.92 Å². The molecule has 0 saturated heterocycles. The molecule has 364 valence electrons. The topological polar surface area (TPSA) is 14.8 Å². The van der Waals surface area contributed by atoms with E-state index in [4.69, 9.17) is 0 Å². The number of para-hydroxylation sites is 5. The number of hydrogen-bond acceptors (Lipinski definition) is 0. The van der Waals surface area contributed by atoms with Gasteiger partial charge in [-0.3, -0.25) is 0 Å². The number of aromatic nitrogens is 3. The molecule has 0 atom stereocenters. The fourth-order valence-electron chi connectivity index (χ4n) is 8.35. The van der Waals surface area contributed by atoms with Gasteiger partial charge in [0.2, 0.25) is 0 Å². The van der Waals surface area contributed by atoms with E-state index >= 15 is 0 Å². The second-order valence-electron chi connectivity index (χ2n) is 13.9. The molecular formula is C66H85N3. The summed E-state index contributed by atoms with van der Waals surface area (Å²) >= 11 is 0. The molecule has 0 aliphatic carbocycles. The van der Waals surface area contributed by atoms with Gasteiger partial charge in [-0.05, 0) is 78.7 Å². The summed E-state index contributed by atoms with van der Waals surface area (Å²) in [5, 5.41) is 7.79. The lowest BCUT2D eigenvalue weighted by Crippen LogP contribution is -1.94. The van der Waals surface area contributed by atoms with Crippen LogP contribution in [0.1, 0.15) is 116 Å². The Morgan fingerprint density at radius 3 is 0.942 bits per heavy atom. The Morgan fingerprint density at radius 1 is 0.246 bits per heavy atom. The lowest BCUT2D eigenvalue weighted by Gasteiger charge is -2.10. The highest BCUT2D eigenvalue weighted by Gasteiger charge is 2.15. The number of rotatable bonds is 3. The zero-order valence-corrected chi connectivity index (χ0v) is 45.7. The highest BCUT2D eigenvalue weighted by Crippen LogP contribution is 2.36. The van der Waals surface area contributed by atoms with E-state index in [9.17, 15) is 0 Å². The van der Waals surface area contributed by atoms with Gasteiger partial charge in [0.05, 0.1) is 22.1 Å². The van der Waals surface area contributed by atoms with Crippen molar-refractivity contribution in [3.05, 3.63) is 194 Å². The van der Waals surface area contributed by atoms with Gasteiger partial charge in [-0.2, -0.15) is 0 Å². The van der Waals surface area contributed by atoms with E-state index in [-0.39, 0.29) is 0 Å². The van der Waals surface area contributed by atoms with E-state index in [0.29, 0.717) is 0 Å². The molecule has 0 spiro atoms. The van der Waals surface area contributed by atoms with Crippen LogP contribution in [0.5, 0.6) is 0 Å². The monoisotopic (exact) mass is 920 g/mol. The fraction of sp³-hybridized carbons (Fsp3) is 0.273. The summed E-state index contributed by atoms with van der Waals surface area (Å²) in [4.78, 5) is 0. The molecule has 3 aromatic heterocycles. The van der Waals surface area contributed by atoms with E-state index in [1.165, 1.54) is 93.5 Å². The van der Waals surface area contributed by atoms with Gasteiger partial charge >= 0.3 is 0 Å². The predicted octanol–water partition coefficient (Wildman–Crippen LogP) is 21.4. The molecule has 0 bridgehead atoms. The van der Waals surface area contributed by atoms with Crippen molar-refractivity contribution in [3.8, 4) is 22.5 Å². The summed E-state index contributed by atoms with van der Waals surface area (Å²) in [5.74, 6) is 0. The second kappa shape index (κ2) is 31.3. The summed E-state index contributed by atoms with van der Waals surface area (Å²) < 4.78 is 7.02.